The van der Waals surface area contributed by atoms with E-state index >= 15 is 0 Å². The van der Waals surface area contributed by atoms with Gasteiger partial charge in [-0.05, 0) is 19.5 Å². The predicted molar refractivity (Wildman–Crippen MR) is 45.4 cm³/mol. The molecule has 2 heteroatoms. The Bertz CT molecular complexity index is 63.9. The molecule has 0 aliphatic heterocycles. The highest BCUT2D eigenvalue weighted by atomic mass is 28.3. The summed E-state index contributed by atoms with van der Waals surface area (Å²) in [5.41, 5.74) is 0. The lowest BCUT2D eigenvalue weighted by Gasteiger charge is -2.11. The van der Waals surface area contributed by atoms with Crippen LogP contribution in [0.4, 0.5) is 0 Å². The van der Waals surface area contributed by atoms with Crippen LogP contribution >= 0.6 is 0 Å². The van der Waals surface area contributed by atoms with Crippen molar-refractivity contribution >= 4 is 8.80 Å². The first-order valence-corrected chi connectivity index (χ1v) is 6.31. The molecule has 0 aromatic carbocycles. The molecular weight excluding hydrogens is 126 g/mol. The summed E-state index contributed by atoms with van der Waals surface area (Å²) in [5, 5.41) is 3.19. The van der Waals surface area contributed by atoms with Gasteiger partial charge in [-0.3, -0.25) is 0 Å². The molecule has 0 heterocycles. The van der Waals surface area contributed by atoms with Crippen LogP contribution in [0, 0.1) is 5.92 Å². The van der Waals surface area contributed by atoms with Crippen molar-refractivity contribution in [2.75, 3.05) is 13.6 Å². The number of rotatable bonds is 4. The van der Waals surface area contributed by atoms with E-state index in [2.05, 4.69) is 25.3 Å². The Morgan fingerprint density at radius 3 is 2.33 bits per heavy atom. The zero-order valence-electron chi connectivity index (χ0n) is 6.99. The van der Waals surface area contributed by atoms with Gasteiger partial charge in [0.25, 0.3) is 0 Å². The van der Waals surface area contributed by atoms with Crippen molar-refractivity contribution in [3.63, 3.8) is 0 Å². The van der Waals surface area contributed by atoms with Crippen LogP contribution in [0.25, 0.3) is 0 Å². The predicted octanol–water partition coefficient (Wildman–Crippen LogP) is 1.60. The van der Waals surface area contributed by atoms with Crippen LogP contribution in [0.1, 0.15) is 6.92 Å². The van der Waals surface area contributed by atoms with Crippen LogP contribution in [0.5, 0.6) is 0 Å². The molecule has 1 nitrogen and oxygen atoms in total. The van der Waals surface area contributed by atoms with Crippen molar-refractivity contribution in [2.24, 2.45) is 5.92 Å². The molecule has 0 saturated heterocycles. The Balaban J connectivity index is 3.15. The molecule has 0 aromatic rings. The molecule has 0 bridgehead atoms. The van der Waals surface area contributed by atoms with Crippen molar-refractivity contribution in [2.45, 2.75) is 26.1 Å². The fraction of sp³-hybridized carbons (Fsp3) is 1.00. The van der Waals surface area contributed by atoms with Crippen LogP contribution in [0.2, 0.25) is 19.1 Å². The molecule has 0 aromatic heterocycles. The third-order valence-corrected chi connectivity index (χ3v) is 2.82. The fourth-order valence-corrected chi connectivity index (χ4v) is 2.66. The summed E-state index contributed by atoms with van der Waals surface area (Å²) in [7, 11) is 2.03. The third kappa shape index (κ3) is 6.06. The van der Waals surface area contributed by atoms with Crippen molar-refractivity contribution < 1.29 is 0 Å². The van der Waals surface area contributed by atoms with Gasteiger partial charge in [-0.15, -0.1) is 0 Å². The van der Waals surface area contributed by atoms with E-state index in [1.54, 1.807) is 0 Å². The first kappa shape index (κ1) is 9.18. The normalized spacial score (nSPS) is 14.3. The summed E-state index contributed by atoms with van der Waals surface area (Å²) >= 11 is 0. The maximum absolute atomic E-state index is 3.19. The van der Waals surface area contributed by atoms with Crippen molar-refractivity contribution in [1.29, 1.82) is 0 Å². The molecule has 0 spiro atoms. The molecule has 1 atom stereocenters. The highest BCUT2D eigenvalue weighted by Crippen LogP contribution is 2.04. The average molecular weight is 144 g/mol. The minimum atomic E-state index is 0.00430. The SMILES string of the molecule is CNCC(C)C[Si](C)C. The Kier molecular flexibility index (Phi) is 5.10. The zero-order chi connectivity index (χ0) is 7.28. The highest BCUT2D eigenvalue weighted by molar-refractivity contribution is 6.55. The van der Waals surface area contributed by atoms with Gasteiger partial charge in [0.2, 0.25) is 0 Å². The Morgan fingerprint density at radius 1 is 1.44 bits per heavy atom. The van der Waals surface area contributed by atoms with Gasteiger partial charge in [0, 0.05) is 8.80 Å². The van der Waals surface area contributed by atoms with Gasteiger partial charge in [0.1, 0.15) is 0 Å². The van der Waals surface area contributed by atoms with Crippen molar-refractivity contribution in [3.05, 3.63) is 0 Å². The maximum Gasteiger partial charge on any atom is 0.0416 e. The van der Waals surface area contributed by atoms with Crippen LogP contribution in [0.3, 0.4) is 0 Å². The summed E-state index contributed by atoms with van der Waals surface area (Å²) in [6, 6.07) is 1.44. The lowest BCUT2D eigenvalue weighted by Crippen LogP contribution is -2.19. The number of nitrogens with one attached hydrogen (secondary N) is 1. The van der Waals surface area contributed by atoms with Gasteiger partial charge >= 0.3 is 0 Å². The van der Waals surface area contributed by atoms with Crippen LogP contribution < -0.4 is 5.32 Å². The minimum Gasteiger partial charge on any atom is -0.319 e. The van der Waals surface area contributed by atoms with E-state index in [1.807, 2.05) is 7.05 Å². The number of hydrogen-bond acceptors (Lipinski definition) is 1. The summed E-state index contributed by atoms with van der Waals surface area (Å²) in [6.45, 7) is 8.23. The molecule has 1 N–H and O–H groups in total. The van der Waals surface area contributed by atoms with Crippen molar-refractivity contribution in [3.8, 4) is 0 Å². The van der Waals surface area contributed by atoms with E-state index in [1.165, 1.54) is 12.6 Å². The second kappa shape index (κ2) is 5.00. The highest BCUT2D eigenvalue weighted by Gasteiger charge is 2.03. The molecule has 0 fully saturated rings. The standard InChI is InChI=1S/C7H18NSi/c1-7(5-8-2)6-9(3)4/h7-8H,5-6H2,1-4H3. The fourth-order valence-electron chi connectivity index (χ4n) is 1.12. The van der Waals surface area contributed by atoms with E-state index in [0.717, 1.165) is 5.92 Å². The molecular formula is C7H18NSi. The van der Waals surface area contributed by atoms with Gasteiger partial charge in [-0.2, -0.15) is 0 Å². The van der Waals surface area contributed by atoms with Gasteiger partial charge < -0.3 is 5.32 Å². The van der Waals surface area contributed by atoms with Crippen molar-refractivity contribution in [1.82, 2.24) is 5.32 Å². The van der Waals surface area contributed by atoms with E-state index in [4.69, 9.17) is 0 Å². The maximum atomic E-state index is 3.19. The number of hydrogen-bond donors (Lipinski definition) is 1. The molecule has 9 heavy (non-hydrogen) atoms. The lowest BCUT2D eigenvalue weighted by molar-refractivity contribution is 0.590. The first-order valence-electron chi connectivity index (χ1n) is 3.60. The van der Waals surface area contributed by atoms with E-state index in [9.17, 15) is 0 Å². The molecule has 1 radical (unpaired) electrons. The Labute approximate surface area is 60.5 Å². The van der Waals surface area contributed by atoms with Crippen LogP contribution in [0.15, 0.2) is 0 Å². The molecule has 1 unspecified atom stereocenters. The second-order valence-corrected chi connectivity index (χ2v) is 5.90. The molecule has 55 valence electrons. The largest absolute Gasteiger partial charge is 0.319 e. The third-order valence-electron chi connectivity index (χ3n) is 1.31. The molecule has 0 saturated carbocycles. The van der Waals surface area contributed by atoms with E-state index < -0.39 is 0 Å². The Morgan fingerprint density at radius 2 is 2.00 bits per heavy atom. The summed E-state index contributed by atoms with van der Waals surface area (Å²) < 4.78 is 0. The van der Waals surface area contributed by atoms with Gasteiger partial charge in [-0.25, -0.2) is 0 Å². The quantitative estimate of drug-likeness (QED) is 0.591. The summed E-state index contributed by atoms with van der Waals surface area (Å²) in [5.74, 6) is 0.874. The molecule has 0 rings (SSSR count). The second-order valence-electron chi connectivity index (χ2n) is 3.07. The summed E-state index contributed by atoms with van der Waals surface area (Å²) in [4.78, 5) is 0. The van der Waals surface area contributed by atoms with E-state index in [-0.39, 0.29) is 8.80 Å². The Hall–Kier alpha value is 0.177. The van der Waals surface area contributed by atoms with Crippen LogP contribution in [-0.2, 0) is 0 Å². The smallest absolute Gasteiger partial charge is 0.0416 e. The molecule has 0 amide bonds. The van der Waals surface area contributed by atoms with Gasteiger partial charge in [-0.1, -0.05) is 26.1 Å². The van der Waals surface area contributed by atoms with Gasteiger partial charge in [0.15, 0.2) is 0 Å². The minimum absolute atomic E-state index is 0.00430. The average Bonchev–Trinajstić information content (AvgIpc) is 1.63. The zero-order valence-corrected chi connectivity index (χ0v) is 7.99. The van der Waals surface area contributed by atoms with Gasteiger partial charge in [0.05, 0.1) is 0 Å². The topological polar surface area (TPSA) is 12.0 Å². The summed E-state index contributed by atoms with van der Waals surface area (Å²) in [6.07, 6.45) is 0. The lowest BCUT2D eigenvalue weighted by atomic mass is 10.2. The first-order chi connectivity index (χ1) is 4.16. The monoisotopic (exact) mass is 144 g/mol. The van der Waals surface area contributed by atoms with E-state index in [0.29, 0.717) is 0 Å². The van der Waals surface area contributed by atoms with Crippen LogP contribution in [-0.4, -0.2) is 22.4 Å². The molecule has 0 aliphatic rings. The molecule has 0 aliphatic carbocycles.